The number of ether oxygens (including phenoxy) is 1. The molecule has 2 aromatic rings. The second-order valence-corrected chi connectivity index (χ2v) is 6.59. The lowest BCUT2D eigenvalue weighted by Gasteiger charge is -2.24. The lowest BCUT2D eigenvalue weighted by atomic mass is 9.85. The number of nitrogens with two attached hydrogens (primary N) is 1. The van der Waals surface area contributed by atoms with Crippen molar-refractivity contribution in [1.82, 2.24) is 4.98 Å². The summed E-state index contributed by atoms with van der Waals surface area (Å²) in [4.78, 5) is 16.7. The lowest BCUT2D eigenvalue weighted by Crippen LogP contribution is -2.47. The Labute approximate surface area is 125 Å². The number of halogens is 1. The molecule has 7 heteroatoms. The molecule has 0 aliphatic carbocycles. The van der Waals surface area contributed by atoms with Crippen molar-refractivity contribution >= 4 is 44.2 Å². The molecule has 0 saturated carbocycles. The monoisotopic (exact) mass is 311 g/mol. The predicted octanol–water partition coefficient (Wildman–Crippen LogP) is 2.25. The highest BCUT2D eigenvalue weighted by molar-refractivity contribution is 7.22. The van der Waals surface area contributed by atoms with Crippen LogP contribution in [0.4, 0.5) is 5.13 Å². The Bertz CT molecular complexity index is 675. The Morgan fingerprint density at radius 3 is 3.15 bits per heavy atom. The number of nitrogens with zero attached hydrogens (tertiary/aromatic N) is 1. The molecule has 3 rings (SSSR count). The second-order valence-electron chi connectivity index (χ2n) is 5.12. The van der Waals surface area contributed by atoms with Gasteiger partial charge in [0, 0.05) is 11.1 Å². The minimum absolute atomic E-state index is 0.160. The van der Waals surface area contributed by atoms with Gasteiger partial charge in [-0.25, -0.2) is 4.98 Å². The van der Waals surface area contributed by atoms with Gasteiger partial charge in [-0.05, 0) is 25.1 Å². The standard InChI is InChI=1S/C13H14ClN3O2S/c1-13(6-19-5-10(13)15)11(18)17-12-16-8-3-2-7(14)4-9(8)20-12/h2-4,10H,5-6,15H2,1H3,(H,16,17,18). The van der Waals surface area contributed by atoms with Crippen molar-refractivity contribution in [2.75, 3.05) is 18.5 Å². The van der Waals surface area contributed by atoms with Crippen molar-refractivity contribution in [1.29, 1.82) is 0 Å². The molecule has 1 aliphatic rings. The molecule has 5 nitrogen and oxygen atoms in total. The number of carbonyl (C=O) groups is 1. The Balaban J connectivity index is 1.84. The summed E-state index contributed by atoms with van der Waals surface area (Å²) < 4.78 is 6.22. The van der Waals surface area contributed by atoms with E-state index in [1.165, 1.54) is 11.3 Å². The summed E-state index contributed by atoms with van der Waals surface area (Å²) in [6.07, 6.45) is 0. The van der Waals surface area contributed by atoms with E-state index in [1.54, 1.807) is 6.07 Å². The van der Waals surface area contributed by atoms with Crippen LogP contribution >= 0.6 is 22.9 Å². The highest BCUT2D eigenvalue weighted by Crippen LogP contribution is 2.32. The fourth-order valence-corrected chi connectivity index (χ4v) is 3.25. The highest BCUT2D eigenvalue weighted by atomic mass is 35.5. The van der Waals surface area contributed by atoms with Gasteiger partial charge in [-0.2, -0.15) is 0 Å². The maximum absolute atomic E-state index is 12.4. The zero-order valence-corrected chi connectivity index (χ0v) is 12.4. The molecule has 2 atom stereocenters. The van der Waals surface area contributed by atoms with Gasteiger partial charge in [0.2, 0.25) is 5.91 Å². The Morgan fingerprint density at radius 1 is 1.65 bits per heavy atom. The molecule has 3 N–H and O–H groups in total. The molecule has 0 bridgehead atoms. The molecular weight excluding hydrogens is 298 g/mol. The van der Waals surface area contributed by atoms with E-state index >= 15 is 0 Å². The molecule has 0 spiro atoms. The second kappa shape index (κ2) is 4.96. The van der Waals surface area contributed by atoms with Crippen LogP contribution < -0.4 is 11.1 Å². The quantitative estimate of drug-likeness (QED) is 0.892. The number of hydrogen-bond acceptors (Lipinski definition) is 5. The third-order valence-electron chi connectivity index (χ3n) is 3.61. The summed E-state index contributed by atoms with van der Waals surface area (Å²) in [7, 11) is 0. The van der Waals surface area contributed by atoms with Crippen molar-refractivity contribution in [2.45, 2.75) is 13.0 Å². The summed E-state index contributed by atoms with van der Waals surface area (Å²) >= 11 is 7.33. The van der Waals surface area contributed by atoms with Crippen molar-refractivity contribution in [3.8, 4) is 0 Å². The van der Waals surface area contributed by atoms with Crippen LogP contribution in [0.5, 0.6) is 0 Å². The van der Waals surface area contributed by atoms with Gasteiger partial charge in [0.25, 0.3) is 0 Å². The number of nitrogens with one attached hydrogen (secondary N) is 1. The molecule has 2 unspecified atom stereocenters. The normalized spacial score (nSPS) is 26.1. The van der Waals surface area contributed by atoms with Gasteiger partial charge in [0.05, 0.1) is 28.8 Å². The van der Waals surface area contributed by atoms with Crippen molar-refractivity contribution in [3.05, 3.63) is 23.2 Å². The van der Waals surface area contributed by atoms with Crippen molar-refractivity contribution in [3.63, 3.8) is 0 Å². The van der Waals surface area contributed by atoms with Crippen LogP contribution in [0.3, 0.4) is 0 Å². The predicted molar refractivity (Wildman–Crippen MR) is 80.2 cm³/mol. The number of anilines is 1. The molecule has 1 aromatic carbocycles. The molecule has 0 radical (unpaired) electrons. The zero-order valence-electron chi connectivity index (χ0n) is 10.9. The molecule has 1 aromatic heterocycles. The van der Waals surface area contributed by atoms with Gasteiger partial charge < -0.3 is 15.8 Å². The van der Waals surface area contributed by atoms with Crippen LogP contribution in [0.25, 0.3) is 10.2 Å². The number of hydrogen-bond donors (Lipinski definition) is 2. The summed E-state index contributed by atoms with van der Waals surface area (Å²) in [5, 5.41) is 4.03. The zero-order chi connectivity index (χ0) is 14.3. The van der Waals surface area contributed by atoms with Crippen LogP contribution in [0.2, 0.25) is 5.02 Å². The first-order chi connectivity index (χ1) is 9.49. The highest BCUT2D eigenvalue weighted by Gasteiger charge is 2.44. The average molecular weight is 312 g/mol. The summed E-state index contributed by atoms with van der Waals surface area (Å²) in [5.74, 6) is -0.160. The Morgan fingerprint density at radius 2 is 2.45 bits per heavy atom. The number of thiazole rings is 1. The summed E-state index contributed by atoms with van der Waals surface area (Å²) in [6, 6.07) is 5.13. The molecule has 1 saturated heterocycles. The van der Waals surface area contributed by atoms with E-state index in [0.29, 0.717) is 23.4 Å². The van der Waals surface area contributed by atoms with Crippen LogP contribution in [-0.4, -0.2) is 30.1 Å². The first kappa shape index (κ1) is 13.8. The van der Waals surface area contributed by atoms with Gasteiger partial charge in [-0.3, -0.25) is 4.79 Å². The first-order valence-electron chi connectivity index (χ1n) is 6.20. The molecular formula is C13H14ClN3O2S. The third kappa shape index (κ3) is 2.29. The van der Waals surface area contributed by atoms with Crippen molar-refractivity contribution < 1.29 is 9.53 Å². The Kier molecular flexibility index (Phi) is 3.41. The fourth-order valence-electron chi connectivity index (χ4n) is 2.11. The topological polar surface area (TPSA) is 77.2 Å². The van der Waals surface area contributed by atoms with Crippen LogP contribution in [0, 0.1) is 5.41 Å². The molecule has 20 heavy (non-hydrogen) atoms. The summed E-state index contributed by atoms with van der Waals surface area (Å²) in [5.41, 5.74) is 6.04. The maximum Gasteiger partial charge on any atom is 0.236 e. The van der Waals surface area contributed by atoms with Crippen LogP contribution in [-0.2, 0) is 9.53 Å². The average Bonchev–Trinajstić information content (AvgIpc) is 2.94. The minimum atomic E-state index is -0.713. The molecule has 1 amide bonds. The number of fused-ring (bicyclic) bond motifs is 1. The fraction of sp³-hybridized carbons (Fsp3) is 0.385. The first-order valence-corrected chi connectivity index (χ1v) is 7.39. The van der Waals surface area contributed by atoms with Gasteiger partial charge in [-0.15, -0.1) is 0 Å². The number of amides is 1. The maximum atomic E-state index is 12.4. The minimum Gasteiger partial charge on any atom is -0.379 e. The molecule has 2 heterocycles. The van der Waals surface area contributed by atoms with Crippen LogP contribution in [0.15, 0.2) is 18.2 Å². The molecule has 106 valence electrons. The van der Waals surface area contributed by atoms with E-state index < -0.39 is 5.41 Å². The number of carbonyl (C=O) groups excluding carboxylic acids is 1. The van der Waals surface area contributed by atoms with E-state index in [-0.39, 0.29) is 11.9 Å². The third-order valence-corrected chi connectivity index (χ3v) is 4.78. The number of benzene rings is 1. The van der Waals surface area contributed by atoms with E-state index in [4.69, 9.17) is 22.1 Å². The van der Waals surface area contributed by atoms with Crippen molar-refractivity contribution in [2.24, 2.45) is 11.1 Å². The van der Waals surface area contributed by atoms with Crippen LogP contribution in [0.1, 0.15) is 6.92 Å². The van der Waals surface area contributed by atoms with Gasteiger partial charge in [0.15, 0.2) is 5.13 Å². The smallest absolute Gasteiger partial charge is 0.236 e. The molecule has 1 fully saturated rings. The van der Waals surface area contributed by atoms with E-state index in [0.717, 1.165) is 10.2 Å². The lowest BCUT2D eigenvalue weighted by molar-refractivity contribution is -0.125. The van der Waals surface area contributed by atoms with E-state index in [2.05, 4.69) is 10.3 Å². The van der Waals surface area contributed by atoms with Gasteiger partial charge in [0.1, 0.15) is 0 Å². The SMILES string of the molecule is CC1(C(=O)Nc2nc3ccc(Cl)cc3s2)COCC1N. The largest absolute Gasteiger partial charge is 0.379 e. The number of rotatable bonds is 2. The Hall–Kier alpha value is -1.21. The van der Waals surface area contributed by atoms with E-state index in [1.807, 2.05) is 19.1 Å². The number of aromatic nitrogens is 1. The molecule has 1 aliphatic heterocycles. The summed E-state index contributed by atoms with van der Waals surface area (Å²) in [6.45, 7) is 2.54. The van der Waals surface area contributed by atoms with Gasteiger partial charge in [-0.1, -0.05) is 22.9 Å². The van der Waals surface area contributed by atoms with E-state index in [9.17, 15) is 4.79 Å². The van der Waals surface area contributed by atoms with Gasteiger partial charge >= 0.3 is 0 Å².